The van der Waals surface area contributed by atoms with Crippen molar-refractivity contribution in [2.45, 2.75) is 18.9 Å². The Bertz CT molecular complexity index is 721. The first kappa shape index (κ1) is 17.4. The molecular formula is C17H17ClFN3O3. The summed E-state index contributed by atoms with van der Waals surface area (Å²) in [5.74, 6) is -0.580. The van der Waals surface area contributed by atoms with Crippen molar-refractivity contribution in [2.24, 2.45) is 0 Å². The molecule has 3 rings (SSSR count). The number of likely N-dealkylation sites (tertiary alicyclic amines) is 1. The Morgan fingerprint density at radius 2 is 1.92 bits per heavy atom. The highest BCUT2D eigenvalue weighted by atomic mass is 35.5. The fourth-order valence-corrected chi connectivity index (χ4v) is 2.62. The summed E-state index contributed by atoms with van der Waals surface area (Å²) in [5, 5.41) is 0.447. The molecule has 0 bridgehead atoms. The Kier molecular flexibility index (Phi) is 5.65. The average molecular weight is 366 g/mol. The van der Waals surface area contributed by atoms with Crippen LogP contribution in [0, 0.1) is 5.82 Å². The standard InChI is InChI=1S/C17H17ClFN3O3/c18-12-9-20-17(21-10-12)25-13-5-7-22(8-6-13)16(23)11-24-15-4-2-1-3-14(15)19/h1-4,9-10,13H,5-8,11H2. The van der Waals surface area contributed by atoms with Gasteiger partial charge in [-0.05, 0) is 12.1 Å². The van der Waals surface area contributed by atoms with Crippen LogP contribution >= 0.6 is 11.6 Å². The monoisotopic (exact) mass is 365 g/mol. The molecule has 1 saturated heterocycles. The lowest BCUT2D eigenvalue weighted by Gasteiger charge is -2.31. The number of para-hydroxylation sites is 1. The summed E-state index contributed by atoms with van der Waals surface area (Å²) in [6, 6.07) is 6.29. The van der Waals surface area contributed by atoms with Gasteiger partial charge in [-0.2, -0.15) is 0 Å². The molecule has 1 aromatic heterocycles. The zero-order valence-electron chi connectivity index (χ0n) is 13.4. The number of rotatable bonds is 5. The average Bonchev–Trinajstić information content (AvgIpc) is 2.63. The maximum absolute atomic E-state index is 13.5. The van der Waals surface area contributed by atoms with Crippen molar-refractivity contribution < 1.29 is 18.7 Å². The molecule has 25 heavy (non-hydrogen) atoms. The summed E-state index contributed by atoms with van der Waals surface area (Å²) in [6.07, 6.45) is 4.22. The van der Waals surface area contributed by atoms with E-state index in [-0.39, 0.29) is 30.4 Å². The van der Waals surface area contributed by atoms with Crippen LogP contribution in [0.5, 0.6) is 11.8 Å². The van der Waals surface area contributed by atoms with Gasteiger partial charge in [-0.25, -0.2) is 14.4 Å². The normalized spacial score (nSPS) is 15.0. The molecule has 0 radical (unpaired) electrons. The van der Waals surface area contributed by atoms with Crippen LogP contribution < -0.4 is 9.47 Å². The van der Waals surface area contributed by atoms with Gasteiger partial charge < -0.3 is 14.4 Å². The highest BCUT2D eigenvalue weighted by Gasteiger charge is 2.25. The number of aromatic nitrogens is 2. The molecule has 2 heterocycles. The lowest BCUT2D eigenvalue weighted by molar-refractivity contribution is -0.135. The van der Waals surface area contributed by atoms with Gasteiger partial charge in [0.1, 0.15) is 6.10 Å². The number of amides is 1. The van der Waals surface area contributed by atoms with Gasteiger partial charge in [-0.3, -0.25) is 4.79 Å². The fourth-order valence-electron chi connectivity index (χ4n) is 2.53. The number of carbonyl (C=O) groups is 1. The summed E-state index contributed by atoms with van der Waals surface area (Å²) in [6.45, 7) is 0.891. The fraction of sp³-hybridized carbons (Fsp3) is 0.353. The van der Waals surface area contributed by atoms with Gasteiger partial charge >= 0.3 is 6.01 Å². The molecular weight excluding hydrogens is 349 g/mol. The van der Waals surface area contributed by atoms with Crippen molar-refractivity contribution in [3.63, 3.8) is 0 Å². The molecule has 8 heteroatoms. The number of hydrogen-bond donors (Lipinski definition) is 0. The van der Waals surface area contributed by atoms with Gasteiger partial charge in [-0.1, -0.05) is 23.7 Å². The Morgan fingerprint density at radius 1 is 1.24 bits per heavy atom. The van der Waals surface area contributed by atoms with E-state index in [1.807, 2.05) is 0 Å². The number of benzene rings is 1. The van der Waals surface area contributed by atoms with Crippen molar-refractivity contribution in [1.82, 2.24) is 14.9 Å². The van der Waals surface area contributed by atoms with Crippen LogP contribution in [0.4, 0.5) is 4.39 Å². The zero-order chi connectivity index (χ0) is 17.6. The van der Waals surface area contributed by atoms with Crippen molar-refractivity contribution in [3.8, 4) is 11.8 Å². The largest absolute Gasteiger partial charge is 0.481 e. The molecule has 2 aromatic rings. The highest BCUT2D eigenvalue weighted by molar-refractivity contribution is 6.30. The van der Waals surface area contributed by atoms with Crippen molar-refractivity contribution in [1.29, 1.82) is 0 Å². The highest BCUT2D eigenvalue weighted by Crippen LogP contribution is 2.18. The molecule has 132 valence electrons. The molecule has 0 spiro atoms. The van der Waals surface area contributed by atoms with Crippen LogP contribution in [0.25, 0.3) is 0 Å². The summed E-state index contributed by atoms with van der Waals surface area (Å²) >= 11 is 5.73. The topological polar surface area (TPSA) is 64.5 Å². The minimum atomic E-state index is -0.481. The molecule has 1 amide bonds. The van der Waals surface area contributed by atoms with Crippen LogP contribution in [0.2, 0.25) is 5.02 Å². The van der Waals surface area contributed by atoms with E-state index in [0.717, 1.165) is 0 Å². The quantitative estimate of drug-likeness (QED) is 0.815. The van der Waals surface area contributed by atoms with E-state index in [9.17, 15) is 9.18 Å². The van der Waals surface area contributed by atoms with E-state index >= 15 is 0 Å². The van der Waals surface area contributed by atoms with Gasteiger partial charge in [0, 0.05) is 25.9 Å². The number of nitrogens with zero attached hydrogens (tertiary/aromatic N) is 3. The van der Waals surface area contributed by atoms with Gasteiger partial charge in [0.05, 0.1) is 17.4 Å². The van der Waals surface area contributed by atoms with E-state index in [0.29, 0.717) is 31.0 Å². The molecule has 1 aliphatic rings. The second-order valence-electron chi connectivity index (χ2n) is 5.60. The first-order chi connectivity index (χ1) is 12.1. The third-order valence-electron chi connectivity index (χ3n) is 3.85. The van der Waals surface area contributed by atoms with E-state index in [2.05, 4.69) is 9.97 Å². The molecule has 1 fully saturated rings. The zero-order valence-corrected chi connectivity index (χ0v) is 14.2. The van der Waals surface area contributed by atoms with Crippen LogP contribution in [0.15, 0.2) is 36.7 Å². The Morgan fingerprint density at radius 3 is 2.60 bits per heavy atom. The molecule has 0 N–H and O–H groups in total. The molecule has 1 aromatic carbocycles. The Hall–Kier alpha value is -2.41. The van der Waals surface area contributed by atoms with Crippen LogP contribution in [-0.2, 0) is 4.79 Å². The van der Waals surface area contributed by atoms with Gasteiger partial charge in [0.2, 0.25) is 0 Å². The lowest BCUT2D eigenvalue weighted by atomic mass is 10.1. The number of carbonyl (C=O) groups excluding carboxylic acids is 1. The minimum Gasteiger partial charge on any atom is -0.481 e. The maximum atomic E-state index is 13.5. The maximum Gasteiger partial charge on any atom is 0.316 e. The third kappa shape index (κ3) is 4.79. The SMILES string of the molecule is O=C(COc1ccccc1F)N1CCC(Oc2ncc(Cl)cn2)CC1. The summed E-state index contributed by atoms with van der Waals surface area (Å²) in [7, 11) is 0. The predicted octanol–water partition coefficient (Wildman–Crippen LogP) is 2.72. The summed E-state index contributed by atoms with van der Waals surface area (Å²) < 4.78 is 24.4. The van der Waals surface area contributed by atoms with Crippen molar-refractivity contribution in [3.05, 3.63) is 47.5 Å². The van der Waals surface area contributed by atoms with E-state index in [4.69, 9.17) is 21.1 Å². The number of halogens is 2. The van der Waals surface area contributed by atoms with E-state index in [1.165, 1.54) is 24.5 Å². The Labute approximate surface area is 149 Å². The number of ether oxygens (including phenoxy) is 2. The smallest absolute Gasteiger partial charge is 0.316 e. The van der Waals surface area contributed by atoms with Gasteiger partial charge in [0.15, 0.2) is 18.2 Å². The van der Waals surface area contributed by atoms with Gasteiger partial charge in [-0.15, -0.1) is 0 Å². The molecule has 1 aliphatic heterocycles. The first-order valence-corrected chi connectivity index (χ1v) is 8.29. The van der Waals surface area contributed by atoms with Crippen molar-refractivity contribution in [2.75, 3.05) is 19.7 Å². The minimum absolute atomic E-state index is 0.0577. The van der Waals surface area contributed by atoms with Crippen molar-refractivity contribution >= 4 is 17.5 Å². The second-order valence-corrected chi connectivity index (χ2v) is 6.04. The van der Waals surface area contributed by atoms with Crippen LogP contribution in [0.3, 0.4) is 0 Å². The lowest BCUT2D eigenvalue weighted by Crippen LogP contribution is -2.43. The molecule has 0 unspecified atom stereocenters. The summed E-state index contributed by atoms with van der Waals surface area (Å²) in [5.41, 5.74) is 0. The molecule has 0 atom stereocenters. The third-order valence-corrected chi connectivity index (χ3v) is 4.05. The molecule has 0 aliphatic carbocycles. The second kappa shape index (κ2) is 8.11. The predicted molar refractivity (Wildman–Crippen MR) is 89.2 cm³/mol. The van der Waals surface area contributed by atoms with E-state index < -0.39 is 5.82 Å². The number of piperidine rings is 1. The van der Waals surface area contributed by atoms with Crippen LogP contribution in [-0.4, -0.2) is 46.6 Å². The summed E-state index contributed by atoms with van der Waals surface area (Å²) in [4.78, 5) is 21.9. The first-order valence-electron chi connectivity index (χ1n) is 7.91. The van der Waals surface area contributed by atoms with Crippen LogP contribution in [0.1, 0.15) is 12.8 Å². The van der Waals surface area contributed by atoms with E-state index in [1.54, 1.807) is 17.0 Å². The Balaban J connectivity index is 1.44. The number of hydrogen-bond acceptors (Lipinski definition) is 5. The molecule has 0 saturated carbocycles. The van der Waals surface area contributed by atoms with Gasteiger partial charge in [0.25, 0.3) is 5.91 Å². The molecule has 6 nitrogen and oxygen atoms in total.